The molecular weight excluding hydrogens is 122 g/mol. The molecule has 1 N–H and O–H groups in total. The number of hydrogen-bond acceptors (Lipinski definition) is 3. The fourth-order valence-electron chi connectivity index (χ4n) is 0.290. The van der Waals surface area contributed by atoms with E-state index in [2.05, 4.69) is 14.8 Å². The second-order valence-electron chi connectivity index (χ2n) is 1.58. The average molecular weight is 131 g/mol. The molecule has 0 spiro atoms. The largest absolute Gasteiger partial charge is 0.391 e. The minimum Gasteiger partial charge on any atom is -0.391 e. The van der Waals surface area contributed by atoms with Crippen LogP contribution in [0.3, 0.4) is 0 Å². The van der Waals surface area contributed by atoms with E-state index < -0.39 is 6.10 Å². The van der Waals surface area contributed by atoms with Crippen LogP contribution < -0.4 is 0 Å². The summed E-state index contributed by atoms with van der Waals surface area (Å²) in [6.07, 6.45) is -0.501. The highest BCUT2D eigenvalue weighted by Gasteiger charge is 1.91. The summed E-state index contributed by atoms with van der Waals surface area (Å²) in [4.78, 5) is 2.45. The van der Waals surface area contributed by atoms with Gasteiger partial charge in [-0.15, -0.1) is 0 Å². The molecule has 0 fully saturated rings. The summed E-state index contributed by atoms with van der Waals surface area (Å²) in [5.74, 6) is 0. The number of hydrogen-bond donors (Lipinski definition) is 1. The number of azide groups is 1. The average Bonchev–Trinajstić information content (AvgIpc) is 1.80. The van der Waals surface area contributed by atoms with Gasteiger partial charge in [0.15, 0.2) is 0 Å². The van der Waals surface area contributed by atoms with E-state index in [1.54, 1.807) is 6.92 Å². The molecule has 0 aromatic rings. The number of aliphatic hydroxyl groups excluding tert-OH is 1. The van der Waals surface area contributed by atoms with Crippen molar-refractivity contribution in [3.05, 3.63) is 10.4 Å². The van der Waals surface area contributed by atoms with E-state index in [-0.39, 0.29) is 13.3 Å². The maximum absolute atomic E-state index is 8.59. The van der Waals surface area contributed by atoms with E-state index in [0.717, 1.165) is 0 Å². The van der Waals surface area contributed by atoms with Crippen molar-refractivity contribution < 1.29 is 9.84 Å². The molecule has 5 nitrogen and oxygen atoms in total. The van der Waals surface area contributed by atoms with Crippen LogP contribution >= 0.6 is 0 Å². The van der Waals surface area contributed by atoms with Gasteiger partial charge in [0.05, 0.1) is 12.7 Å². The van der Waals surface area contributed by atoms with Crippen molar-refractivity contribution in [2.75, 3.05) is 13.3 Å². The molecule has 0 aliphatic heterocycles. The molecule has 0 bridgehead atoms. The van der Waals surface area contributed by atoms with Gasteiger partial charge in [0, 0.05) is 4.91 Å². The van der Waals surface area contributed by atoms with Crippen LogP contribution in [-0.4, -0.2) is 24.5 Å². The summed E-state index contributed by atoms with van der Waals surface area (Å²) in [6, 6.07) is 0. The lowest BCUT2D eigenvalue weighted by Crippen LogP contribution is -2.09. The van der Waals surface area contributed by atoms with E-state index in [1.165, 1.54) is 0 Å². The number of nitrogens with zero attached hydrogens (tertiary/aromatic N) is 3. The first kappa shape index (κ1) is 8.23. The summed E-state index contributed by atoms with van der Waals surface area (Å²) in [5.41, 5.74) is 7.75. The third-order valence-electron chi connectivity index (χ3n) is 0.571. The topological polar surface area (TPSA) is 78.2 Å². The quantitative estimate of drug-likeness (QED) is 0.263. The molecule has 1 unspecified atom stereocenters. The second kappa shape index (κ2) is 5.37. The van der Waals surface area contributed by atoms with Gasteiger partial charge in [0.1, 0.15) is 6.73 Å². The molecule has 9 heavy (non-hydrogen) atoms. The summed E-state index contributed by atoms with van der Waals surface area (Å²) in [7, 11) is 0. The summed E-state index contributed by atoms with van der Waals surface area (Å²) < 4.78 is 4.67. The van der Waals surface area contributed by atoms with E-state index in [9.17, 15) is 0 Å². The third kappa shape index (κ3) is 7.23. The van der Waals surface area contributed by atoms with Gasteiger partial charge in [-0.2, -0.15) is 0 Å². The Kier molecular flexibility index (Phi) is 4.91. The number of aliphatic hydroxyl groups is 1. The standard InChI is InChI=1S/C4H9N3O2/c1-4(8)2-9-3-6-7-5/h4,8H,2-3H2,1H3. The normalized spacial score (nSPS) is 12.2. The van der Waals surface area contributed by atoms with Crippen LogP contribution in [-0.2, 0) is 4.74 Å². The molecule has 0 heterocycles. The highest BCUT2D eigenvalue weighted by atomic mass is 16.5. The van der Waals surface area contributed by atoms with Crippen LogP contribution in [0.4, 0.5) is 0 Å². The molecule has 0 aromatic carbocycles. The minimum atomic E-state index is -0.501. The van der Waals surface area contributed by atoms with Crippen LogP contribution in [0.25, 0.3) is 10.4 Å². The Morgan fingerprint density at radius 2 is 2.56 bits per heavy atom. The lowest BCUT2D eigenvalue weighted by atomic mass is 10.5. The molecule has 1 atom stereocenters. The van der Waals surface area contributed by atoms with Crippen molar-refractivity contribution in [2.24, 2.45) is 5.11 Å². The predicted octanol–water partition coefficient (Wildman–Crippen LogP) is 0.652. The van der Waals surface area contributed by atoms with E-state index in [0.29, 0.717) is 0 Å². The fraction of sp³-hybridized carbons (Fsp3) is 1.00. The molecule has 0 saturated carbocycles. The molecule has 52 valence electrons. The SMILES string of the molecule is CC(O)COCN=[N+]=[N-]. The Morgan fingerprint density at radius 3 is 3.00 bits per heavy atom. The van der Waals surface area contributed by atoms with Crippen molar-refractivity contribution in [2.45, 2.75) is 13.0 Å². The summed E-state index contributed by atoms with van der Waals surface area (Å²) >= 11 is 0. The zero-order valence-electron chi connectivity index (χ0n) is 5.19. The maximum atomic E-state index is 8.59. The van der Waals surface area contributed by atoms with Gasteiger partial charge in [-0.05, 0) is 12.5 Å². The van der Waals surface area contributed by atoms with E-state index >= 15 is 0 Å². The van der Waals surface area contributed by atoms with Gasteiger partial charge in [-0.1, -0.05) is 5.11 Å². The van der Waals surface area contributed by atoms with Gasteiger partial charge in [-0.25, -0.2) is 0 Å². The fourth-order valence-corrected chi connectivity index (χ4v) is 0.290. The van der Waals surface area contributed by atoms with Crippen LogP contribution in [0.15, 0.2) is 5.11 Å². The van der Waals surface area contributed by atoms with Gasteiger partial charge in [-0.3, -0.25) is 0 Å². The highest BCUT2D eigenvalue weighted by molar-refractivity contribution is 4.41. The highest BCUT2D eigenvalue weighted by Crippen LogP contribution is 1.82. The second-order valence-corrected chi connectivity index (χ2v) is 1.58. The summed E-state index contributed by atoms with van der Waals surface area (Å²) in [5, 5.41) is 11.7. The van der Waals surface area contributed by atoms with Gasteiger partial charge in [0.25, 0.3) is 0 Å². The molecule has 0 saturated heterocycles. The Labute approximate surface area is 52.9 Å². The molecule has 0 aliphatic rings. The van der Waals surface area contributed by atoms with E-state index in [4.69, 9.17) is 10.6 Å². The Morgan fingerprint density at radius 1 is 1.89 bits per heavy atom. The van der Waals surface area contributed by atoms with Crippen molar-refractivity contribution in [1.29, 1.82) is 0 Å². The number of ether oxygens (including phenoxy) is 1. The molecule has 0 aromatic heterocycles. The van der Waals surface area contributed by atoms with Gasteiger partial charge in [0.2, 0.25) is 0 Å². The molecule has 0 rings (SSSR count). The van der Waals surface area contributed by atoms with Crippen molar-refractivity contribution in [3.8, 4) is 0 Å². The number of rotatable bonds is 4. The van der Waals surface area contributed by atoms with Crippen molar-refractivity contribution in [1.82, 2.24) is 0 Å². The van der Waals surface area contributed by atoms with Gasteiger partial charge >= 0.3 is 0 Å². The molecule has 0 radical (unpaired) electrons. The third-order valence-corrected chi connectivity index (χ3v) is 0.571. The van der Waals surface area contributed by atoms with Gasteiger partial charge < -0.3 is 9.84 Å². The molecule has 0 amide bonds. The Balaban J connectivity index is 3.00. The van der Waals surface area contributed by atoms with Crippen molar-refractivity contribution >= 4 is 0 Å². The zero-order valence-corrected chi connectivity index (χ0v) is 5.19. The van der Waals surface area contributed by atoms with Crippen LogP contribution in [0.2, 0.25) is 0 Å². The lowest BCUT2D eigenvalue weighted by Gasteiger charge is -2.00. The van der Waals surface area contributed by atoms with Crippen LogP contribution in [0, 0.1) is 0 Å². The Hall–Kier alpha value is -0.770. The summed E-state index contributed by atoms with van der Waals surface area (Å²) in [6.45, 7) is 1.79. The van der Waals surface area contributed by atoms with E-state index in [1.807, 2.05) is 0 Å². The first-order chi connectivity index (χ1) is 4.27. The smallest absolute Gasteiger partial charge is 0.126 e. The van der Waals surface area contributed by atoms with Crippen molar-refractivity contribution in [3.63, 3.8) is 0 Å². The lowest BCUT2D eigenvalue weighted by molar-refractivity contribution is 0.0495. The predicted molar refractivity (Wildman–Crippen MR) is 31.6 cm³/mol. The molecule has 5 heteroatoms. The molecular formula is C4H9N3O2. The zero-order chi connectivity index (χ0) is 7.11. The minimum absolute atomic E-state index is 0.0125. The first-order valence-electron chi connectivity index (χ1n) is 2.54. The Bertz CT molecular complexity index is 108. The monoisotopic (exact) mass is 131 g/mol. The maximum Gasteiger partial charge on any atom is 0.126 e. The van der Waals surface area contributed by atoms with Crippen LogP contribution in [0.5, 0.6) is 0 Å². The van der Waals surface area contributed by atoms with Crippen LogP contribution in [0.1, 0.15) is 6.92 Å². The first-order valence-corrected chi connectivity index (χ1v) is 2.54. The molecule has 0 aliphatic carbocycles.